The molecule has 0 saturated carbocycles. The van der Waals surface area contributed by atoms with Crippen LogP contribution < -0.4 is 15.6 Å². The van der Waals surface area contributed by atoms with Crippen LogP contribution in [0.3, 0.4) is 0 Å². The summed E-state index contributed by atoms with van der Waals surface area (Å²) in [6.45, 7) is 1.28. The smallest absolute Gasteiger partial charge is 0.277 e. The first-order valence-corrected chi connectivity index (χ1v) is 13.0. The number of rotatable bonds is 5. The minimum Gasteiger partial charge on any atom is -0.485 e. The quantitative estimate of drug-likeness (QED) is 0.441. The van der Waals surface area contributed by atoms with E-state index in [0.29, 0.717) is 12.3 Å². The van der Waals surface area contributed by atoms with Gasteiger partial charge in [-0.1, -0.05) is 11.6 Å². The summed E-state index contributed by atoms with van der Waals surface area (Å²) in [6.07, 6.45) is 1.52. The van der Waals surface area contributed by atoms with Crippen molar-refractivity contribution in [2.45, 2.75) is 39.3 Å². The van der Waals surface area contributed by atoms with Gasteiger partial charge in [-0.25, -0.2) is 22.2 Å². The van der Waals surface area contributed by atoms with E-state index in [0.717, 1.165) is 15.4 Å². The predicted molar refractivity (Wildman–Crippen MR) is 143 cm³/mol. The highest BCUT2D eigenvalue weighted by atomic mass is 35.5. The number of allylic oxidation sites excluding steroid dienone is 1. The largest absolute Gasteiger partial charge is 0.485 e. The summed E-state index contributed by atoms with van der Waals surface area (Å²) in [6, 6.07) is 1.60. The summed E-state index contributed by atoms with van der Waals surface area (Å²) in [7, 11) is 0. The number of carbonyl (C=O) groups excluding carboxylic acids is 1. The van der Waals surface area contributed by atoms with Crippen molar-refractivity contribution in [2.24, 2.45) is 10.9 Å². The fourth-order valence-corrected chi connectivity index (χ4v) is 4.92. The second-order valence-electron chi connectivity index (χ2n) is 10.1. The van der Waals surface area contributed by atoms with Gasteiger partial charge in [0, 0.05) is 37.1 Å². The molecule has 1 N–H and O–H groups in total. The molecule has 222 valence electrons. The zero-order valence-corrected chi connectivity index (χ0v) is 23.2. The molecule has 15 heteroatoms. The van der Waals surface area contributed by atoms with Crippen molar-refractivity contribution in [3.63, 3.8) is 0 Å². The highest BCUT2D eigenvalue weighted by Gasteiger charge is 2.35. The normalized spacial score (nSPS) is 18.2. The predicted octanol–water partition coefficient (Wildman–Crippen LogP) is 3.75. The standard InChI is InChI=1S/C27H25ClF4N6O4/c1-13(39)35-27(2,3)24-18(31)10-37(36-24)25-22(32)23-14(8-34-25)11-41-5-4-16-7-20(21(28)26(40)38(16)23)42-12-19-17(30)6-15(29)9-33-19/h6-7,9-10,14H,4-5,8,11-12H2,1-3H3,(H,35,39)/t14-/m1/s1/i12D2. The summed E-state index contributed by atoms with van der Waals surface area (Å²) in [5.41, 5.74) is -3.40. The summed E-state index contributed by atoms with van der Waals surface area (Å²) in [4.78, 5) is 32.9. The Morgan fingerprint density at radius 2 is 2.05 bits per heavy atom. The Morgan fingerprint density at radius 3 is 2.76 bits per heavy atom. The Bertz CT molecular complexity index is 1790. The van der Waals surface area contributed by atoms with Crippen LogP contribution in [0.5, 0.6) is 5.75 Å². The third-order valence-corrected chi connectivity index (χ3v) is 6.90. The number of ether oxygens (including phenoxy) is 2. The monoisotopic (exact) mass is 610 g/mol. The van der Waals surface area contributed by atoms with E-state index < -0.39 is 75.1 Å². The molecule has 10 nitrogen and oxygen atoms in total. The van der Waals surface area contributed by atoms with Crippen LogP contribution in [-0.2, 0) is 28.1 Å². The minimum atomic E-state index is -2.99. The lowest BCUT2D eigenvalue weighted by molar-refractivity contribution is -0.120. The van der Waals surface area contributed by atoms with Gasteiger partial charge >= 0.3 is 0 Å². The fraction of sp³-hybridized carbons (Fsp3) is 0.370. The molecule has 3 aromatic rings. The van der Waals surface area contributed by atoms with Crippen LogP contribution in [0.1, 0.15) is 40.6 Å². The molecule has 0 aromatic carbocycles. The van der Waals surface area contributed by atoms with Crippen molar-refractivity contribution in [3.05, 3.63) is 80.3 Å². The van der Waals surface area contributed by atoms with Crippen LogP contribution >= 0.6 is 11.6 Å². The van der Waals surface area contributed by atoms with Crippen LogP contribution in [0.4, 0.5) is 17.6 Å². The molecule has 0 saturated heterocycles. The van der Waals surface area contributed by atoms with Crippen molar-refractivity contribution in [1.29, 1.82) is 0 Å². The molecule has 0 aliphatic carbocycles. The topological polar surface area (TPSA) is 113 Å². The van der Waals surface area contributed by atoms with Crippen molar-refractivity contribution in [3.8, 4) is 5.75 Å². The molecule has 2 aliphatic heterocycles. The SMILES string of the molecule is [2H]C([2H])(Oc1cc2n(c(=O)c1Cl)C1=C(F)C(n3cc(F)c(C(C)(C)NC(C)=O)n3)=NC[C@@H]1COCC2)c1ncc(F)cc1F. The maximum Gasteiger partial charge on any atom is 0.277 e. The molecule has 5 rings (SSSR count). The Kier molecular flexibility index (Phi) is 7.24. The van der Waals surface area contributed by atoms with Gasteiger partial charge in [-0.3, -0.25) is 24.1 Å². The molecule has 2 aliphatic rings. The van der Waals surface area contributed by atoms with Crippen LogP contribution in [0, 0.1) is 23.4 Å². The molecular formula is C27H25ClF4N6O4. The first-order chi connectivity index (χ1) is 20.6. The third-order valence-electron chi connectivity index (χ3n) is 6.56. The maximum atomic E-state index is 16.4. The Morgan fingerprint density at radius 1 is 1.29 bits per heavy atom. The number of pyridine rings is 2. The average Bonchev–Trinajstić information content (AvgIpc) is 3.30. The molecule has 3 aromatic heterocycles. The molecule has 0 spiro atoms. The first kappa shape index (κ1) is 26.8. The van der Waals surface area contributed by atoms with Gasteiger partial charge in [0.15, 0.2) is 23.3 Å². The Hall–Kier alpha value is -4.04. The fourth-order valence-electron chi connectivity index (χ4n) is 4.75. The number of amides is 1. The van der Waals surface area contributed by atoms with E-state index in [4.69, 9.17) is 23.8 Å². The van der Waals surface area contributed by atoms with Gasteiger partial charge < -0.3 is 14.8 Å². The average molecular weight is 611 g/mol. The van der Waals surface area contributed by atoms with Gasteiger partial charge in [0.2, 0.25) is 5.91 Å². The van der Waals surface area contributed by atoms with Gasteiger partial charge in [0.05, 0.1) is 46.1 Å². The number of halogens is 5. The molecule has 0 fully saturated rings. The Labute approximate surface area is 244 Å². The number of nitrogens with zero attached hydrogens (tertiary/aromatic N) is 5. The lowest BCUT2D eigenvalue weighted by Crippen LogP contribution is -2.41. The van der Waals surface area contributed by atoms with Crippen LogP contribution in [-0.4, -0.2) is 50.8 Å². The lowest BCUT2D eigenvalue weighted by Gasteiger charge is -2.30. The van der Waals surface area contributed by atoms with E-state index in [1.54, 1.807) is 0 Å². The highest BCUT2D eigenvalue weighted by molar-refractivity contribution is 6.31. The minimum absolute atomic E-state index is 0.0202. The number of hydrogen-bond donors (Lipinski definition) is 1. The number of dihydropyridines is 1. The summed E-state index contributed by atoms with van der Waals surface area (Å²) in [5.74, 6) is -6.36. The van der Waals surface area contributed by atoms with Gasteiger partial charge in [-0.15, -0.1) is 0 Å². The van der Waals surface area contributed by atoms with Gasteiger partial charge in [0.25, 0.3) is 5.56 Å². The van der Waals surface area contributed by atoms with Crippen molar-refractivity contribution >= 4 is 29.0 Å². The zero-order chi connectivity index (χ0) is 32.1. The number of carbonyl (C=O) groups is 1. The summed E-state index contributed by atoms with van der Waals surface area (Å²) < 4.78 is 88.2. The summed E-state index contributed by atoms with van der Waals surface area (Å²) >= 11 is 6.32. The molecule has 5 heterocycles. The molecular weight excluding hydrogens is 584 g/mol. The van der Waals surface area contributed by atoms with E-state index in [9.17, 15) is 22.8 Å². The zero-order valence-electron chi connectivity index (χ0n) is 24.5. The van der Waals surface area contributed by atoms with E-state index in [2.05, 4.69) is 20.4 Å². The number of fused-ring (bicyclic) bond motifs is 3. The van der Waals surface area contributed by atoms with Crippen LogP contribution in [0.15, 0.2) is 40.1 Å². The molecule has 42 heavy (non-hydrogen) atoms. The Balaban J connectivity index is 1.59. The maximum absolute atomic E-state index is 16.4. The van der Waals surface area contributed by atoms with E-state index in [-0.39, 0.29) is 43.3 Å². The van der Waals surface area contributed by atoms with E-state index in [1.807, 2.05) is 0 Å². The van der Waals surface area contributed by atoms with Crippen molar-refractivity contribution in [2.75, 3.05) is 19.8 Å². The number of aromatic nitrogens is 4. The van der Waals surface area contributed by atoms with E-state index >= 15 is 4.39 Å². The molecule has 0 unspecified atom stereocenters. The van der Waals surface area contributed by atoms with Crippen molar-refractivity contribution < 1.29 is 34.6 Å². The van der Waals surface area contributed by atoms with Gasteiger partial charge in [-0.2, -0.15) is 5.10 Å². The first-order valence-electron chi connectivity index (χ1n) is 13.6. The van der Waals surface area contributed by atoms with E-state index in [1.165, 1.54) is 26.8 Å². The molecule has 1 atom stereocenters. The molecule has 1 amide bonds. The number of nitrogens with one attached hydrogen (secondary N) is 1. The second kappa shape index (κ2) is 11.3. The molecule has 0 bridgehead atoms. The number of hydrogen-bond acceptors (Lipinski definition) is 7. The van der Waals surface area contributed by atoms with Crippen LogP contribution in [0.2, 0.25) is 5.02 Å². The molecule has 0 radical (unpaired) electrons. The summed E-state index contributed by atoms with van der Waals surface area (Å²) in [5, 5.41) is 6.05. The number of aliphatic imine (C=N–C) groups is 1. The van der Waals surface area contributed by atoms with Crippen LogP contribution in [0.25, 0.3) is 5.70 Å². The van der Waals surface area contributed by atoms with Gasteiger partial charge in [0.1, 0.15) is 34.5 Å². The third kappa shape index (κ3) is 5.55. The second-order valence-corrected chi connectivity index (χ2v) is 10.5. The van der Waals surface area contributed by atoms with Crippen molar-refractivity contribution in [1.82, 2.24) is 24.6 Å². The highest BCUT2D eigenvalue weighted by Crippen LogP contribution is 2.34. The van der Waals surface area contributed by atoms with Gasteiger partial charge in [-0.05, 0) is 13.8 Å². The lowest BCUT2D eigenvalue weighted by atomic mass is 10.0.